The van der Waals surface area contributed by atoms with Gasteiger partial charge in [0.05, 0.1) is 11.1 Å². The highest BCUT2D eigenvalue weighted by Crippen LogP contribution is 2.26. The van der Waals surface area contributed by atoms with Gasteiger partial charge in [-0.1, -0.05) is 18.2 Å². The molecule has 2 heterocycles. The first kappa shape index (κ1) is 19.7. The first-order chi connectivity index (χ1) is 10.1. The Kier molecular flexibility index (Phi) is 6.81. The van der Waals surface area contributed by atoms with Gasteiger partial charge in [0, 0.05) is 24.2 Å². The Balaban J connectivity index is 0.00000132. The fourth-order valence-corrected chi connectivity index (χ4v) is 3.25. The topological polar surface area (TPSA) is 59.2 Å². The van der Waals surface area contributed by atoms with Crippen molar-refractivity contribution in [2.75, 3.05) is 13.1 Å². The van der Waals surface area contributed by atoms with Crippen LogP contribution in [-0.2, 0) is 0 Å². The van der Waals surface area contributed by atoms with Crippen molar-refractivity contribution in [3.63, 3.8) is 0 Å². The van der Waals surface area contributed by atoms with Crippen LogP contribution < -0.4 is 5.73 Å². The highest BCUT2D eigenvalue weighted by Gasteiger charge is 2.32. The summed E-state index contributed by atoms with van der Waals surface area (Å²) in [5.74, 6) is 0.492. The summed E-state index contributed by atoms with van der Waals surface area (Å²) in [6.45, 7) is 5.49. The van der Waals surface area contributed by atoms with Gasteiger partial charge < -0.3 is 10.6 Å². The van der Waals surface area contributed by atoms with E-state index in [1.807, 2.05) is 36.1 Å². The predicted molar refractivity (Wildman–Crippen MR) is 98.6 cm³/mol. The van der Waals surface area contributed by atoms with Gasteiger partial charge in [0.1, 0.15) is 0 Å². The summed E-state index contributed by atoms with van der Waals surface area (Å²) in [5, 5.41) is 1.05. The van der Waals surface area contributed by atoms with E-state index >= 15 is 0 Å². The molecule has 0 spiro atoms. The molecule has 0 radical (unpaired) electrons. The fraction of sp³-hybridized carbons (Fsp3) is 0.412. The van der Waals surface area contributed by atoms with Gasteiger partial charge in [0.2, 0.25) is 0 Å². The first-order valence-electron chi connectivity index (χ1n) is 7.47. The smallest absolute Gasteiger partial charge is 0.255 e. The Hall–Kier alpha value is -1.36. The number of fused-ring (bicyclic) bond motifs is 1. The molecule has 2 unspecified atom stereocenters. The van der Waals surface area contributed by atoms with Crippen molar-refractivity contribution in [2.24, 2.45) is 11.7 Å². The molecule has 0 aliphatic carbocycles. The molecule has 1 aromatic heterocycles. The number of likely N-dealkylation sites (tertiary alicyclic amines) is 1. The number of aryl methyl sites for hydroxylation is 1. The minimum Gasteiger partial charge on any atom is -0.336 e. The second-order valence-corrected chi connectivity index (χ2v) is 5.96. The zero-order chi connectivity index (χ0) is 15.0. The molecule has 1 amide bonds. The summed E-state index contributed by atoms with van der Waals surface area (Å²) in [6.07, 6.45) is 2.70. The summed E-state index contributed by atoms with van der Waals surface area (Å²) < 4.78 is 0. The zero-order valence-electron chi connectivity index (χ0n) is 13.4. The van der Waals surface area contributed by atoms with E-state index in [2.05, 4.69) is 11.9 Å². The lowest BCUT2D eigenvalue weighted by atomic mass is 10.0. The number of rotatable bonds is 2. The van der Waals surface area contributed by atoms with E-state index in [4.69, 9.17) is 5.73 Å². The molecular formula is C17H23Cl2N3O. The molecule has 2 aromatic rings. The predicted octanol–water partition coefficient (Wildman–Crippen LogP) is 3.20. The van der Waals surface area contributed by atoms with Gasteiger partial charge in [0.15, 0.2) is 0 Å². The average Bonchev–Trinajstić information content (AvgIpc) is 2.88. The lowest BCUT2D eigenvalue weighted by Gasteiger charge is -2.22. The van der Waals surface area contributed by atoms with E-state index in [0.29, 0.717) is 18.0 Å². The van der Waals surface area contributed by atoms with E-state index in [1.54, 1.807) is 6.20 Å². The number of amides is 1. The van der Waals surface area contributed by atoms with Crippen molar-refractivity contribution in [3.05, 3.63) is 41.6 Å². The van der Waals surface area contributed by atoms with Gasteiger partial charge in [-0.25, -0.2) is 0 Å². The van der Waals surface area contributed by atoms with Crippen LogP contribution in [0.3, 0.4) is 0 Å². The molecule has 126 valence electrons. The summed E-state index contributed by atoms with van der Waals surface area (Å²) in [7, 11) is 0. The lowest BCUT2D eigenvalue weighted by Crippen LogP contribution is -2.35. The Labute approximate surface area is 149 Å². The minimum atomic E-state index is 0. The summed E-state index contributed by atoms with van der Waals surface area (Å²) >= 11 is 0. The Morgan fingerprint density at radius 3 is 2.70 bits per heavy atom. The number of aromatic nitrogens is 1. The Morgan fingerprint density at radius 1 is 1.35 bits per heavy atom. The van der Waals surface area contributed by atoms with Gasteiger partial charge >= 0.3 is 0 Å². The van der Waals surface area contributed by atoms with Crippen molar-refractivity contribution in [3.8, 4) is 0 Å². The van der Waals surface area contributed by atoms with Crippen LogP contribution in [0.25, 0.3) is 10.9 Å². The van der Waals surface area contributed by atoms with Gasteiger partial charge in [-0.3, -0.25) is 9.78 Å². The second kappa shape index (κ2) is 7.95. The maximum absolute atomic E-state index is 12.8. The summed E-state index contributed by atoms with van der Waals surface area (Å²) in [4.78, 5) is 19.2. The second-order valence-electron chi connectivity index (χ2n) is 5.96. The van der Waals surface area contributed by atoms with Crippen molar-refractivity contribution in [1.29, 1.82) is 0 Å². The van der Waals surface area contributed by atoms with Crippen LogP contribution in [0.1, 0.15) is 29.3 Å². The van der Waals surface area contributed by atoms with Crippen LogP contribution in [0.5, 0.6) is 0 Å². The number of halogens is 2. The van der Waals surface area contributed by atoms with E-state index in [0.717, 1.165) is 29.4 Å². The fourth-order valence-electron chi connectivity index (χ4n) is 3.25. The van der Waals surface area contributed by atoms with Crippen LogP contribution in [0.2, 0.25) is 0 Å². The van der Waals surface area contributed by atoms with Crippen LogP contribution in [0, 0.1) is 12.8 Å². The van der Waals surface area contributed by atoms with E-state index in [9.17, 15) is 4.79 Å². The molecule has 4 nitrogen and oxygen atoms in total. The molecule has 0 bridgehead atoms. The van der Waals surface area contributed by atoms with Gasteiger partial charge in [-0.2, -0.15) is 0 Å². The third-order valence-corrected chi connectivity index (χ3v) is 4.53. The van der Waals surface area contributed by atoms with Gasteiger partial charge in [-0.05, 0) is 44.4 Å². The summed E-state index contributed by atoms with van der Waals surface area (Å²) in [5.41, 5.74) is 8.40. The number of nitrogens with zero attached hydrogens (tertiary/aromatic N) is 2. The normalized spacial score (nSPS) is 20.0. The molecule has 1 aliphatic heterocycles. The molecule has 1 saturated heterocycles. The van der Waals surface area contributed by atoms with Crippen LogP contribution >= 0.6 is 24.8 Å². The third-order valence-electron chi connectivity index (χ3n) is 4.53. The number of benzene rings is 1. The van der Waals surface area contributed by atoms with Crippen molar-refractivity contribution in [2.45, 2.75) is 26.3 Å². The SMILES string of the molecule is Cc1c(C(=O)N2CC(CN)CC2C)cnc2ccccc12.Cl.Cl. The average molecular weight is 356 g/mol. The number of nitrogens with two attached hydrogens (primary N) is 1. The number of carbonyl (C=O) groups is 1. The monoisotopic (exact) mass is 355 g/mol. The van der Waals surface area contributed by atoms with Crippen molar-refractivity contribution >= 4 is 41.6 Å². The molecule has 6 heteroatoms. The Morgan fingerprint density at radius 2 is 2.04 bits per heavy atom. The molecule has 1 aromatic carbocycles. The van der Waals surface area contributed by atoms with E-state index < -0.39 is 0 Å². The highest BCUT2D eigenvalue weighted by atomic mass is 35.5. The number of pyridine rings is 1. The maximum atomic E-state index is 12.8. The molecule has 23 heavy (non-hydrogen) atoms. The number of hydrogen-bond acceptors (Lipinski definition) is 3. The van der Waals surface area contributed by atoms with Crippen LogP contribution in [0.15, 0.2) is 30.5 Å². The largest absolute Gasteiger partial charge is 0.336 e. The Bertz CT molecular complexity index is 693. The standard InChI is InChI=1S/C17H21N3O.2ClH/c1-11-7-13(8-18)10-20(11)17(21)15-9-19-16-6-4-3-5-14(16)12(15)2;;/h3-6,9,11,13H,7-8,10,18H2,1-2H3;2*1H. The number of hydrogen-bond donors (Lipinski definition) is 1. The summed E-state index contributed by atoms with van der Waals surface area (Å²) in [6, 6.07) is 8.18. The number of para-hydroxylation sites is 1. The number of carbonyl (C=O) groups excluding carboxylic acids is 1. The van der Waals surface area contributed by atoms with Gasteiger partial charge in [-0.15, -0.1) is 24.8 Å². The maximum Gasteiger partial charge on any atom is 0.255 e. The van der Waals surface area contributed by atoms with Crippen LogP contribution in [-0.4, -0.2) is 34.9 Å². The molecule has 1 fully saturated rings. The highest BCUT2D eigenvalue weighted by molar-refractivity contribution is 6.00. The quantitative estimate of drug-likeness (QED) is 0.899. The first-order valence-corrected chi connectivity index (χ1v) is 7.47. The lowest BCUT2D eigenvalue weighted by molar-refractivity contribution is 0.0742. The van der Waals surface area contributed by atoms with Gasteiger partial charge in [0.25, 0.3) is 5.91 Å². The minimum absolute atomic E-state index is 0. The van der Waals surface area contributed by atoms with Crippen LogP contribution in [0.4, 0.5) is 0 Å². The molecule has 0 saturated carbocycles. The van der Waals surface area contributed by atoms with Crippen molar-refractivity contribution < 1.29 is 4.79 Å². The third kappa shape index (κ3) is 3.60. The molecular weight excluding hydrogens is 333 g/mol. The molecule has 3 rings (SSSR count). The zero-order valence-corrected chi connectivity index (χ0v) is 15.0. The van der Waals surface area contributed by atoms with E-state index in [1.165, 1.54) is 0 Å². The van der Waals surface area contributed by atoms with Crippen molar-refractivity contribution in [1.82, 2.24) is 9.88 Å². The molecule has 1 aliphatic rings. The molecule has 2 N–H and O–H groups in total. The molecule has 2 atom stereocenters. The van der Waals surface area contributed by atoms with E-state index in [-0.39, 0.29) is 36.8 Å².